The van der Waals surface area contributed by atoms with Crippen LogP contribution in [0, 0.1) is 0 Å². The summed E-state index contributed by atoms with van der Waals surface area (Å²) in [7, 11) is 1.30. The average molecular weight is 295 g/mol. The zero-order chi connectivity index (χ0) is 14.4. The summed E-state index contributed by atoms with van der Waals surface area (Å²) < 4.78 is 4.47. The summed E-state index contributed by atoms with van der Waals surface area (Å²) in [6, 6.07) is 1.88. The van der Waals surface area contributed by atoms with Crippen LogP contribution < -0.4 is 5.32 Å². The van der Waals surface area contributed by atoms with E-state index in [4.69, 9.17) is 0 Å². The standard InChI is InChI=1S/C11H13N5O3S/c1-19-10(18)2-4-12-9(17)6-16-14-11(13-15-16)8-3-5-20-7-8/h3,5,7H,2,4,6H2,1H3,(H,12,17). The molecule has 9 heteroatoms. The van der Waals surface area contributed by atoms with Gasteiger partial charge in [-0.1, -0.05) is 0 Å². The van der Waals surface area contributed by atoms with Gasteiger partial charge in [0, 0.05) is 17.5 Å². The molecule has 20 heavy (non-hydrogen) atoms. The Kier molecular flexibility index (Phi) is 4.77. The van der Waals surface area contributed by atoms with Crippen molar-refractivity contribution in [1.82, 2.24) is 25.5 Å². The number of thiophene rings is 1. The number of hydrogen-bond acceptors (Lipinski definition) is 7. The molecule has 0 saturated heterocycles. The van der Waals surface area contributed by atoms with Crippen molar-refractivity contribution in [3.05, 3.63) is 16.8 Å². The van der Waals surface area contributed by atoms with E-state index in [9.17, 15) is 9.59 Å². The van der Waals surface area contributed by atoms with E-state index in [1.807, 2.05) is 16.8 Å². The Morgan fingerprint density at radius 3 is 3.05 bits per heavy atom. The van der Waals surface area contributed by atoms with E-state index in [0.29, 0.717) is 5.82 Å². The SMILES string of the molecule is COC(=O)CCNC(=O)Cn1nnc(-c2ccsc2)n1. The molecule has 0 fully saturated rings. The van der Waals surface area contributed by atoms with Crippen molar-refractivity contribution in [3.8, 4) is 11.4 Å². The largest absolute Gasteiger partial charge is 0.469 e. The third kappa shape index (κ3) is 3.85. The lowest BCUT2D eigenvalue weighted by Crippen LogP contribution is -2.30. The molecule has 2 aromatic heterocycles. The first kappa shape index (κ1) is 14.1. The fourth-order valence-electron chi connectivity index (χ4n) is 1.41. The van der Waals surface area contributed by atoms with E-state index in [2.05, 4.69) is 25.5 Å². The summed E-state index contributed by atoms with van der Waals surface area (Å²) in [4.78, 5) is 23.7. The number of tetrazole rings is 1. The second kappa shape index (κ2) is 6.75. The molecule has 0 spiro atoms. The highest BCUT2D eigenvalue weighted by molar-refractivity contribution is 7.08. The third-order valence-electron chi connectivity index (χ3n) is 2.40. The number of amides is 1. The molecule has 2 aromatic rings. The van der Waals surface area contributed by atoms with Crippen molar-refractivity contribution >= 4 is 23.2 Å². The van der Waals surface area contributed by atoms with Gasteiger partial charge in [-0.3, -0.25) is 9.59 Å². The number of hydrogen-bond donors (Lipinski definition) is 1. The van der Waals surface area contributed by atoms with Gasteiger partial charge in [0.1, 0.15) is 6.54 Å². The molecule has 8 nitrogen and oxygen atoms in total. The van der Waals surface area contributed by atoms with Crippen LogP contribution in [-0.2, 0) is 20.9 Å². The van der Waals surface area contributed by atoms with E-state index < -0.39 is 0 Å². The molecule has 0 atom stereocenters. The van der Waals surface area contributed by atoms with Crippen LogP contribution in [0.1, 0.15) is 6.42 Å². The van der Waals surface area contributed by atoms with Gasteiger partial charge in [0.25, 0.3) is 0 Å². The Hall–Kier alpha value is -2.29. The summed E-state index contributed by atoms with van der Waals surface area (Å²) >= 11 is 1.53. The maximum atomic E-state index is 11.6. The Bertz CT molecular complexity index is 581. The molecular weight excluding hydrogens is 282 g/mol. The summed E-state index contributed by atoms with van der Waals surface area (Å²) in [6.45, 7) is 0.176. The lowest BCUT2D eigenvalue weighted by Gasteiger charge is -2.02. The maximum Gasteiger partial charge on any atom is 0.307 e. The van der Waals surface area contributed by atoms with Crippen molar-refractivity contribution in [1.29, 1.82) is 0 Å². The molecule has 1 N–H and O–H groups in total. The Balaban J connectivity index is 1.81. The molecule has 2 rings (SSSR count). The van der Waals surface area contributed by atoms with Crippen LogP contribution in [0.2, 0.25) is 0 Å². The minimum absolute atomic E-state index is 0.0433. The molecule has 2 heterocycles. The molecule has 0 aliphatic rings. The molecule has 0 aromatic carbocycles. The number of ether oxygens (including phenoxy) is 1. The number of rotatable bonds is 6. The summed E-state index contributed by atoms with van der Waals surface area (Å²) in [5.41, 5.74) is 0.868. The van der Waals surface area contributed by atoms with E-state index >= 15 is 0 Å². The normalized spacial score (nSPS) is 10.2. The summed E-state index contributed by atoms with van der Waals surface area (Å²) in [5.74, 6) is -0.180. The Labute approximate surface area is 118 Å². The quantitative estimate of drug-likeness (QED) is 0.758. The van der Waals surface area contributed by atoms with Gasteiger partial charge >= 0.3 is 5.97 Å². The topological polar surface area (TPSA) is 99.0 Å². The molecule has 0 aliphatic carbocycles. The lowest BCUT2D eigenvalue weighted by molar-refractivity contribution is -0.140. The monoisotopic (exact) mass is 295 g/mol. The molecule has 0 unspecified atom stereocenters. The van der Waals surface area contributed by atoms with Crippen LogP contribution in [0.25, 0.3) is 11.4 Å². The van der Waals surface area contributed by atoms with Gasteiger partial charge in [-0.15, -0.1) is 10.2 Å². The van der Waals surface area contributed by atoms with Gasteiger partial charge in [-0.05, 0) is 16.7 Å². The minimum atomic E-state index is -0.371. The number of carbonyl (C=O) groups is 2. The smallest absolute Gasteiger partial charge is 0.307 e. The first-order chi connectivity index (χ1) is 9.69. The van der Waals surface area contributed by atoms with Crippen LogP contribution in [0.5, 0.6) is 0 Å². The summed E-state index contributed by atoms with van der Waals surface area (Å²) in [5, 5.41) is 18.2. The molecule has 0 aliphatic heterocycles. The number of methoxy groups -OCH3 is 1. The highest BCUT2D eigenvalue weighted by Crippen LogP contribution is 2.16. The number of nitrogens with one attached hydrogen (secondary N) is 1. The van der Waals surface area contributed by atoms with Crippen LogP contribution >= 0.6 is 11.3 Å². The predicted octanol–water partition coefficient (Wildman–Crippen LogP) is 0.0809. The molecule has 0 radical (unpaired) electrons. The second-order valence-electron chi connectivity index (χ2n) is 3.83. The second-order valence-corrected chi connectivity index (χ2v) is 4.61. The van der Waals surface area contributed by atoms with E-state index in [1.54, 1.807) is 0 Å². The van der Waals surface area contributed by atoms with Gasteiger partial charge in [0.15, 0.2) is 0 Å². The zero-order valence-corrected chi connectivity index (χ0v) is 11.6. The Morgan fingerprint density at radius 2 is 2.35 bits per heavy atom. The summed E-state index contributed by atoms with van der Waals surface area (Å²) in [6.07, 6.45) is 0.132. The number of esters is 1. The molecule has 1 amide bonds. The van der Waals surface area contributed by atoms with Crippen LogP contribution in [0.4, 0.5) is 0 Å². The van der Waals surface area contributed by atoms with Crippen molar-refractivity contribution in [3.63, 3.8) is 0 Å². The predicted molar refractivity (Wildman–Crippen MR) is 70.8 cm³/mol. The molecule has 0 bridgehead atoms. The third-order valence-corrected chi connectivity index (χ3v) is 3.08. The average Bonchev–Trinajstić information content (AvgIpc) is 3.08. The van der Waals surface area contributed by atoms with Gasteiger partial charge in [0.2, 0.25) is 11.7 Å². The number of nitrogens with zero attached hydrogens (tertiary/aromatic N) is 4. The Morgan fingerprint density at radius 1 is 1.50 bits per heavy atom. The van der Waals surface area contributed by atoms with Crippen LogP contribution in [-0.4, -0.2) is 45.7 Å². The number of carbonyl (C=O) groups excluding carboxylic acids is 2. The fraction of sp³-hybridized carbons (Fsp3) is 0.364. The van der Waals surface area contributed by atoms with Gasteiger partial charge in [0.05, 0.1) is 13.5 Å². The number of aromatic nitrogens is 4. The van der Waals surface area contributed by atoms with Crippen molar-refractivity contribution < 1.29 is 14.3 Å². The van der Waals surface area contributed by atoms with Crippen molar-refractivity contribution in [2.24, 2.45) is 0 Å². The fourth-order valence-corrected chi connectivity index (χ4v) is 2.04. The van der Waals surface area contributed by atoms with Crippen LogP contribution in [0.15, 0.2) is 16.8 Å². The molecule has 0 saturated carbocycles. The molecular formula is C11H13N5O3S. The molecule has 106 valence electrons. The van der Waals surface area contributed by atoms with Crippen molar-refractivity contribution in [2.75, 3.05) is 13.7 Å². The first-order valence-corrected chi connectivity index (χ1v) is 6.77. The van der Waals surface area contributed by atoms with Gasteiger partial charge < -0.3 is 10.1 Å². The van der Waals surface area contributed by atoms with E-state index in [-0.39, 0.29) is 31.4 Å². The van der Waals surface area contributed by atoms with Gasteiger partial charge in [-0.2, -0.15) is 16.1 Å². The highest BCUT2D eigenvalue weighted by Gasteiger charge is 2.09. The van der Waals surface area contributed by atoms with Crippen molar-refractivity contribution in [2.45, 2.75) is 13.0 Å². The van der Waals surface area contributed by atoms with E-state index in [0.717, 1.165) is 5.56 Å². The zero-order valence-electron chi connectivity index (χ0n) is 10.8. The minimum Gasteiger partial charge on any atom is -0.469 e. The highest BCUT2D eigenvalue weighted by atomic mass is 32.1. The van der Waals surface area contributed by atoms with Gasteiger partial charge in [-0.25, -0.2) is 0 Å². The first-order valence-electron chi connectivity index (χ1n) is 5.83. The maximum absolute atomic E-state index is 11.6. The van der Waals surface area contributed by atoms with Crippen LogP contribution in [0.3, 0.4) is 0 Å². The van der Waals surface area contributed by atoms with E-state index in [1.165, 1.54) is 23.2 Å². The lowest BCUT2D eigenvalue weighted by atomic mass is 10.3.